The SMILES string of the molecule is Cc1nc(NC2CC(Oc3cnc(C(F)(F)F)nc3)C2)nc2c1NC(O)[C@H](C)N2C. The van der Waals surface area contributed by atoms with Gasteiger partial charge in [0.2, 0.25) is 11.8 Å². The van der Waals surface area contributed by atoms with Crippen LogP contribution in [-0.4, -0.2) is 56.5 Å². The van der Waals surface area contributed by atoms with Gasteiger partial charge in [-0.05, 0) is 13.8 Å². The number of aliphatic hydroxyl groups is 1. The van der Waals surface area contributed by atoms with Crippen molar-refractivity contribution in [2.24, 2.45) is 0 Å². The summed E-state index contributed by atoms with van der Waals surface area (Å²) < 4.78 is 43.2. The summed E-state index contributed by atoms with van der Waals surface area (Å²) in [5, 5.41) is 16.4. The molecule has 0 bridgehead atoms. The fourth-order valence-electron chi connectivity index (χ4n) is 3.40. The Morgan fingerprint density at radius 3 is 2.53 bits per heavy atom. The van der Waals surface area contributed by atoms with Crippen LogP contribution in [0.25, 0.3) is 0 Å². The number of fused-ring (bicyclic) bond motifs is 1. The molecule has 1 unspecified atom stereocenters. The van der Waals surface area contributed by atoms with Gasteiger partial charge in [-0.15, -0.1) is 0 Å². The standard InChI is InChI=1S/C18H22F3N7O2/c1-8-13-14(28(3)9(2)15(29)26-13)27-17(24-8)25-10-4-11(5-10)30-12-6-22-16(23-7-12)18(19,20)21/h6-7,9-11,15,26,29H,4-5H2,1-3H3,(H,24,25,27)/t9-,10?,11?,15?/m0/s1. The molecule has 0 radical (unpaired) electrons. The van der Waals surface area contributed by atoms with Crippen molar-refractivity contribution < 1.29 is 23.0 Å². The number of alkyl halides is 3. The topological polar surface area (TPSA) is 108 Å². The number of halogens is 3. The lowest BCUT2D eigenvalue weighted by Crippen LogP contribution is -2.48. The molecule has 1 aliphatic heterocycles. The number of hydrogen-bond donors (Lipinski definition) is 3. The molecule has 0 aromatic carbocycles. The minimum atomic E-state index is -4.57. The maximum atomic E-state index is 12.5. The van der Waals surface area contributed by atoms with Crippen LogP contribution < -0.4 is 20.3 Å². The highest BCUT2D eigenvalue weighted by molar-refractivity contribution is 5.72. The Morgan fingerprint density at radius 2 is 1.90 bits per heavy atom. The van der Waals surface area contributed by atoms with E-state index >= 15 is 0 Å². The molecular weight excluding hydrogens is 403 g/mol. The highest BCUT2D eigenvalue weighted by atomic mass is 19.4. The molecule has 2 aromatic rings. The van der Waals surface area contributed by atoms with Gasteiger partial charge in [0.25, 0.3) is 0 Å². The summed E-state index contributed by atoms with van der Waals surface area (Å²) in [6.07, 6.45) is -2.08. The number of ether oxygens (including phenoxy) is 1. The van der Waals surface area contributed by atoms with Gasteiger partial charge in [-0.3, -0.25) is 0 Å². The van der Waals surface area contributed by atoms with E-state index in [0.29, 0.717) is 36.0 Å². The van der Waals surface area contributed by atoms with Gasteiger partial charge in [-0.2, -0.15) is 18.2 Å². The first-order chi connectivity index (χ1) is 14.1. The number of rotatable bonds is 4. The average Bonchev–Trinajstić information content (AvgIpc) is 2.65. The average molecular weight is 425 g/mol. The minimum absolute atomic E-state index is 0.0766. The predicted octanol–water partition coefficient (Wildman–Crippen LogP) is 2.18. The van der Waals surface area contributed by atoms with Gasteiger partial charge in [0.1, 0.15) is 18.0 Å². The van der Waals surface area contributed by atoms with E-state index in [1.807, 2.05) is 25.8 Å². The van der Waals surface area contributed by atoms with Crippen LogP contribution in [0.1, 0.15) is 31.3 Å². The van der Waals surface area contributed by atoms with E-state index in [2.05, 4.69) is 30.6 Å². The van der Waals surface area contributed by atoms with E-state index in [0.717, 1.165) is 12.4 Å². The molecule has 12 heteroatoms. The van der Waals surface area contributed by atoms with Gasteiger partial charge in [0.15, 0.2) is 11.6 Å². The normalized spacial score (nSPS) is 25.8. The summed E-state index contributed by atoms with van der Waals surface area (Å²) in [6.45, 7) is 3.73. The molecule has 4 rings (SSSR count). The number of anilines is 3. The Hall–Kier alpha value is -2.89. The summed E-state index contributed by atoms with van der Waals surface area (Å²) in [6, 6.07) is -0.0697. The van der Waals surface area contributed by atoms with E-state index < -0.39 is 18.2 Å². The monoisotopic (exact) mass is 425 g/mol. The maximum Gasteiger partial charge on any atom is 0.451 e. The fourth-order valence-corrected chi connectivity index (χ4v) is 3.40. The fraction of sp³-hybridized carbons (Fsp3) is 0.556. The van der Waals surface area contributed by atoms with Crippen LogP contribution in [0.5, 0.6) is 5.75 Å². The van der Waals surface area contributed by atoms with Gasteiger partial charge < -0.3 is 25.4 Å². The second-order valence-electron chi connectivity index (χ2n) is 7.56. The summed E-state index contributed by atoms with van der Waals surface area (Å²) in [5.41, 5.74) is 1.42. The lowest BCUT2D eigenvalue weighted by atomic mass is 9.89. The minimum Gasteiger partial charge on any atom is -0.487 e. The summed E-state index contributed by atoms with van der Waals surface area (Å²) >= 11 is 0. The van der Waals surface area contributed by atoms with Crippen molar-refractivity contribution in [3.8, 4) is 5.75 Å². The molecule has 9 nitrogen and oxygen atoms in total. The third-order valence-corrected chi connectivity index (χ3v) is 5.38. The van der Waals surface area contributed by atoms with Crippen LogP contribution in [0.3, 0.4) is 0 Å². The number of aryl methyl sites for hydroxylation is 1. The van der Waals surface area contributed by atoms with E-state index in [9.17, 15) is 18.3 Å². The Morgan fingerprint density at radius 1 is 1.23 bits per heavy atom. The lowest BCUT2D eigenvalue weighted by Gasteiger charge is -2.38. The van der Waals surface area contributed by atoms with E-state index in [1.54, 1.807) is 0 Å². The summed E-state index contributed by atoms with van der Waals surface area (Å²) in [5.74, 6) is 0.193. The molecular formula is C18H22F3N7O2. The van der Waals surface area contributed by atoms with Crippen molar-refractivity contribution in [1.82, 2.24) is 19.9 Å². The second kappa shape index (κ2) is 7.42. The van der Waals surface area contributed by atoms with Crippen molar-refractivity contribution in [3.63, 3.8) is 0 Å². The van der Waals surface area contributed by atoms with Crippen molar-refractivity contribution >= 4 is 17.5 Å². The Bertz CT molecular complexity index is 919. The molecule has 1 aliphatic carbocycles. The predicted molar refractivity (Wildman–Crippen MR) is 102 cm³/mol. The summed E-state index contributed by atoms with van der Waals surface area (Å²) in [4.78, 5) is 17.5. The maximum absolute atomic E-state index is 12.5. The molecule has 2 atom stereocenters. The van der Waals surface area contributed by atoms with Crippen LogP contribution in [0.15, 0.2) is 12.4 Å². The Kier molecular flexibility index (Phi) is 5.04. The van der Waals surface area contributed by atoms with Crippen molar-refractivity contribution in [2.75, 3.05) is 22.6 Å². The zero-order chi connectivity index (χ0) is 21.6. The van der Waals surface area contributed by atoms with Gasteiger partial charge in [0.05, 0.1) is 24.1 Å². The quantitative estimate of drug-likeness (QED) is 0.679. The number of aromatic nitrogens is 4. The van der Waals surface area contributed by atoms with Crippen LogP contribution in [0.2, 0.25) is 0 Å². The highest BCUT2D eigenvalue weighted by Gasteiger charge is 2.36. The number of nitrogens with zero attached hydrogens (tertiary/aromatic N) is 5. The van der Waals surface area contributed by atoms with Gasteiger partial charge in [0, 0.05) is 25.9 Å². The first kappa shape index (κ1) is 20.4. The molecule has 0 amide bonds. The lowest BCUT2D eigenvalue weighted by molar-refractivity contribution is -0.145. The van der Waals surface area contributed by atoms with Gasteiger partial charge >= 0.3 is 6.18 Å². The zero-order valence-electron chi connectivity index (χ0n) is 16.6. The second-order valence-corrected chi connectivity index (χ2v) is 7.56. The molecule has 0 saturated heterocycles. The molecule has 162 valence electrons. The third kappa shape index (κ3) is 3.91. The molecule has 1 fully saturated rings. The molecule has 3 heterocycles. The van der Waals surface area contributed by atoms with Crippen molar-refractivity contribution in [3.05, 3.63) is 23.9 Å². The first-order valence-corrected chi connectivity index (χ1v) is 9.50. The summed E-state index contributed by atoms with van der Waals surface area (Å²) in [7, 11) is 1.86. The Balaban J connectivity index is 1.35. The highest BCUT2D eigenvalue weighted by Crippen LogP contribution is 2.35. The van der Waals surface area contributed by atoms with E-state index in [4.69, 9.17) is 4.74 Å². The molecule has 3 N–H and O–H groups in total. The number of hydrogen-bond acceptors (Lipinski definition) is 9. The van der Waals surface area contributed by atoms with E-state index in [-0.39, 0.29) is 23.9 Å². The number of nitrogens with one attached hydrogen (secondary N) is 2. The molecule has 30 heavy (non-hydrogen) atoms. The number of likely N-dealkylation sites (N-methyl/N-ethyl adjacent to an activating group) is 1. The third-order valence-electron chi connectivity index (χ3n) is 5.38. The van der Waals surface area contributed by atoms with Crippen LogP contribution in [0.4, 0.5) is 30.6 Å². The van der Waals surface area contributed by atoms with Crippen LogP contribution >= 0.6 is 0 Å². The first-order valence-electron chi connectivity index (χ1n) is 9.50. The molecule has 0 spiro atoms. The molecule has 2 aliphatic rings. The van der Waals surface area contributed by atoms with Crippen molar-refractivity contribution in [1.29, 1.82) is 0 Å². The smallest absolute Gasteiger partial charge is 0.451 e. The number of aliphatic hydroxyl groups excluding tert-OH is 1. The molecule has 2 aromatic heterocycles. The van der Waals surface area contributed by atoms with Crippen LogP contribution in [-0.2, 0) is 6.18 Å². The Labute approximate surface area is 170 Å². The largest absolute Gasteiger partial charge is 0.487 e. The zero-order valence-corrected chi connectivity index (χ0v) is 16.6. The van der Waals surface area contributed by atoms with Crippen LogP contribution in [0, 0.1) is 6.92 Å². The van der Waals surface area contributed by atoms with Crippen molar-refractivity contribution in [2.45, 2.75) is 57.3 Å². The van der Waals surface area contributed by atoms with Gasteiger partial charge in [-0.1, -0.05) is 0 Å². The van der Waals surface area contributed by atoms with Gasteiger partial charge in [-0.25, -0.2) is 15.0 Å². The van der Waals surface area contributed by atoms with E-state index in [1.165, 1.54) is 0 Å². The molecule has 1 saturated carbocycles.